The van der Waals surface area contributed by atoms with Gasteiger partial charge in [-0.2, -0.15) is 5.10 Å². The van der Waals surface area contributed by atoms with Crippen molar-refractivity contribution in [3.05, 3.63) is 56.9 Å². The summed E-state index contributed by atoms with van der Waals surface area (Å²) in [7, 11) is 1.61. The van der Waals surface area contributed by atoms with Crippen LogP contribution in [0.5, 0.6) is 0 Å². The molecule has 10 heteroatoms. The van der Waals surface area contributed by atoms with Crippen molar-refractivity contribution in [3.63, 3.8) is 0 Å². The molecule has 34 heavy (non-hydrogen) atoms. The molecule has 1 atom stereocenters. The molecule has 1 aromatic carbocycles. The van der Waals surface area contributed by atoms with E-state index in [9.17, 15) is 9.59 Å². The Bertz CT molecular complexity index is 1260. The van der Waals surface area contributed by atoms with Gasteiger partial charge in [0.15, 0.2) is 0 Å². The van der Waals surface area contributed by atoms with Gasteiger partial charge in [-0.05, 0) is 38.7 Å². The Balaban J connectivity index is 1.44. The number of aryl methyl sites for hydroxylation is 1. The first-order chi connectivity index (χ1) is 16.5. The molecule has 1 saturated heterocycles. The van der Waals surface area contributed by atoms with E-state index in [0.717, 1.165) is 31.5 Å². The first-order valence-corrected chi connectivity index (χ1v) is 12.1. The second-order valence-electron chi connectivity index (χ2n) is 8.99. The van der Waals surface area contributed by atoms with Crippen LogP contribution < -0.4 is 5.69 Å². The van der Waals surface area contributed by atoms with Crippen LogP contribution in [0.4, 0.5) is 0 Å². The first-order valence-electron chi connectivity index (χ1n) is 11.7. The molecule has 1 amide bonds. The normalized spacial score (nSPS) is 18.4. The summed E-state index contributed by atoms with van der Waals surface area (Å²) in [6.45, 7) is 3.69. The van der Waals surface area contributed by atoms with Gasteiger partial charge < -0.3 is 14.2 Å². The van der Waals surface area contributed by atoms with E-state index >= 15 is 0 Å². The predicted molar refractivity (Wildman–Crippen MR) is 126 cm³/mol. The molecule has 2 aromatic heterocycles. The van der Waals surface area contributed by atoms with Gasteiger partial charge in [0.05, 0.1) is 18.2 Å². The molecule has 0 radical (unpaired) electrons. The van der Waals surface area contributed by atoms with E-state index in [-0.39, 0.29) is 23.6 Å². The van der Waals surface area contributed by atoms with Crippen molar-refractivity contribution in [3.8, 4) is 11.3 Å². The number of piperidine rings is 1. The Labute approximate surface area is 202 Å². The van der Waals surface area contributed by atoms with E-state index in [1.807, 2.05) is 27.7 Å². The van der Waals surface area contributed by atoms with Crippen molar-refractivity contribution >= 4 is 17.5 Å². The van der Waals surface area contributed by atoms with Crippen LogP contribution in [0.15, 0.2) is 33.6 Å². The highest BCUT2D eigenvalue weighted by molar-refractivity contribution is 6.33. The lowest BCUT2D eigenvalue weighted by Crippen LogP contribution is -2.40. The highest BCUT2D eigenvalue weighted by Crippen LogP contribution is 2.38. The van der Waals surface area contributed by atoms with Crippen LogP contribution in [0, 0.1) is 6.92 Å². The van der Waals surface area contributed by atoms with E-state index in [0.29, 0.717) is 53.8 Å². The number of likely N-dealkylation sites (tertiary alicyclic amines) is 1. The van der Waals surface area contributed by atoms with Crippen molar-refractivity contribution < 1.29 is 14.1 Å². The lowest BCUT2D eigenvalue weighted by Gasteiger charge is -2.32. The smallest absolute Gasteiger partial charge is 0.346 e. The van der Waals surface area contributed by atoms with Gasteiger partial charge in [-0.15, -0.1) is 0 Å². The lowest BCUT2D eigenvalue weighted by atomic mass is 9.95. The monoisotopic (exact) mass is 485 g/mol. The third kappa shape index (κ3) is 4.18. The summed E-state index contributed by atoms with van der Waals surface area (Å²) >= 11 is 6.38. The van der Waals surface area contributed by atoms with Gasteiger partial charge >= 0.3 is 5.69 Å². The Kier molecular flexibility index (Phi) is 6.31. The van der Waals surface area contributed by atoms with Crippen LogP contribution in [-0.4, -0.2) is 57.1 Å². The molecule has 180 valence electrons. The number of hydrogen-bond donors (Lipinski definition) is 0. The molecule has 0 spiro atoms. The molecule has 0 bridgehead atoms. The molecule has 2 fully saturated rings. The zero-order chi connectivity index (χ0) is 23.8. The number of methoxy groups -OCH3 is 1. The standard InChI is InChI=1S/C24H28ClN5O4/c1-15-20(21(27-34-15)18-7-3-4-8-19(18)25)23(31)28-11-5-6-16(14-28)22-26-29(12-13-33-2)24(32)30(22)17-9-10-17/h3-4,7-8,16-17H,5-6,9-14H2,1-2H3. The summed E-state index contributed by atoms with van der Waals surface area (Å²) < 4.78 is 13.9. The van der Waals surface area contributed by atoms with E-state index in [1.54, 1.807) is 20.1 Å². The van der Waals surface area contributed by atoms with Crippen LogP contribution in [0.3, 0.4) is 0 Å². The van der Waals surface area contributed by atoms with Crippen LogP contribution >= 0.6 is 11.6 Å². The number of aromatic nitrogens is 4. The zero-order valence-corrected chi connectivity index (χ0v) is 20.1. The minimum absolute atomic E-state index is 0.0151. The van der Waals surface area contributed by atoms with E-state index < -0.39 is 0 Å². The van der Waals surface area contributed by atoms with E-state index in [4.69, 9.17) is 20.9 Å². The van der Waals surface area contributed by atoms with E-state index in [1.165, 1.54) is 4.68 Å². The molecule has 2 aliphatic rings. The third-order valence-corrected chi connectivity index (χ3v) is 6.93. The SMILES string of the molecule is COCCn1nc(C2CCCN(C(=O)c3c(-c4ccccc4Cl)noc3C)C2)n(C2CC2)c1=O. The summed E-state index contributed by atoms with van der Waals surface area (Å²) in [4.78, 5) is 28.5. The fourth-order valence-corrected chi connectivity index (χ4v) is 4.93. The Morgan fingerprint density at radius 1 is 1.26 bits per heavy atom. The zero-order valence-electron chi connectivity index (χ0n) is 19.4. The summed E-state index contributed by atoms with van der Waals surface area (Å²) in [6.07, 6.45) is 3.67. The van der Waals surface area contributed by atoms with Crippen molar-refractivity contribution in [1.29, 1.82) is 0 Å². The number of nitrogens with zero attached hydrogens (tertiary/aromatic N) is 5. The number of carbonyl (C=O) groups excluding carboxylic acids is 1. The van der Waals surface area contributed by atoms with Crippen LogP contribution in [0.25, 0.3) is 11.3 Å². The molecule has 1 aliphatic carbocycles. The fraction of sp³-hybridized carbons (Fsp3) is 0.500. The minimum Gasteiger partial charge on any atom is -0.383 e. The predicted octanol–water partition coefficient (Wildman–Crippen LogP) is 3.66. The van der Waals surface area contributed by atoms with Crippen LogP contribution in [0.2, 0.25) is 5.02 Å². The molecule has 3 heterocycles. The number of hydrogen-bond acceptors (Lipinski definition) is 6. The molecule has 1 unspecified atom stereocenters. The van der Waals surface area contributed by atoms with Gasteiger partial charge in [-0.3, -0.25) is 9.36 Å². The Morgan fingerprint density at radius 3 is 2.79 bits per heavy atom. The second-order valence-corrected chi connectivity index (χ2v) is 9.40. The van der Waals surface area contributed by atoms with Crippen molar-refractivity contribution in [2.75, 3.05) is 26.8 Å². The van der Waals surface area contributed by atoms with E-state index in [2.05, 4.69) is 10.3 Å². The van der Waals surface area contributed by atoms with Crippen LogP contribution in [0.1, 0.15) is 59.6 Å². The van der Waals surface area contributed by atoms with Crippen molar-refractivity contribution in [2.24, 2.45) is 0 Å². The number of rotatable bonds is 7. The maximum atomic E-state index is 13.7. The average Bonchev–Trinajstić information content (AvgIpc) is 3.53. The minimum atomic E-state index is -0.141. The number of carbonyl (C=O) groups is 1. The third-order valence-electron chi connectivity index (χ3n) is 6.60. The number of ether oxygens (including phenoxy) is 1. The van der Waals surface area contributed by atoms with Crippen molar-refractivity contribution in [1.82, 2.24) is 24.4 Å². The van der Waals surface area contributed by atoms with Gasteiger partial charge in [0.1, 0.15) is 22.8 Å². The van der Waals surface area contributed by atoms with Gasteiger partial charge in [0, 0.05) is 37.7 Å². The van der Waals surface area contributed by atoms with Gasteiger partial charge in [-0.1, -0.05) is 35.0 Å². The highest BCUT2D eigenvalue weighted by atomic mass is 35.5. The summed E-state index contributed by atoms with van der Waals surface area (Å²) in [6, 6.07) is 7.49. The van der Waals surface area contributed by atoms with Crippen molar-refractivity contribution in [2.45, 2.75) is 51.1 Å². The summed E-state index contributed by atoms with van der Waals surface area (Å²) in [5, 5.41) is 9.34. The molecule has 5 rings (SSSR count). The highest BCUT2D eigenvalue weighted by Gasteiger charge is 2.36. The maximum Gasteiger partial charge on any atom is 0.346 e. The maximum absolute atomic E-state index is 13.7. The topological polar surface area (TPSA) is 95.4 Å². The number of amides is 1. The Morgan fingerprint density at radius 2 is 2.06 bits per heavy atom. The van der Waals surface area contributed by atoms with Gasteiger partial charge in [-0.25, -0.2) is 9.48 Å². The first kappa shape index (κ1) is 22.9. The quantitative estimate of drug-likeness (QED) is 0.506. The molecule has 1 saturated carbocycles. The molecule has 0 N–H and O–H groups in total. The molecular weight excluding hydrogens is 458 g/mol. The number of benzene rings is 1. The Hall–Kier alpha value is -2.91. The largest absolute Gasteiger partial charge is 0.383 e. The summed E-state index contributed by atoms with van der Waals surface area (Å²) in [5.74, 6) is 1.08. The van der Waals surface area contributed by atoms with Gasteiger partial charge in [0.2, 0.25) is 0 Å². The number of halogens is 1. The fourth-order valence-electron chi connectivity index (χ4n) is 4.71. The molecular formula is C24H28ClN5O4. The van der Waals surface area contributed by atoms with Gasteiger partial charge in [0.25, 0.3) is 5.91 Å². The van der Waals surface area contributed by atoms with Crippen LogP contribution in [-0.2, 0) is 11.3 Å². The molecule has 1 aliphatic heterocycles. The second kappa shape index (κ2) is 9.38. The summed E-state index contributed by atoms with van der Waals surface area (Å²) in [5.41, 5.74) is 1.46. The molecule has 3 aromatic rings. The molecule has 9 nitrogen and oxygen atoms in total. The lowest BCUT2D eigenvalue weighted by molar-refractivity contribution is 0.0702. The average molecular weight is 486 g/mol.